The summed E-state index contributed by atoms with van der Waals surface area (Å²) in [7, 11) is -3.97. The van der Waals surface area contributed by atoms with Crippen molar-refractivity contribution in [1.82, 2.24) is 0 Å². The number of benzene rings is 1. The molecule has 0 heterocycles. The number of nitrogens with one attached hydrogen (secondary N) is 1. The molecule has 0 saturated carbocycles. The molecule has 0 spiro atoms. The molecule has 0 saturated heterocycles. The van der Waals surface area contributed by atoms with E-state index in [0.29, 0.717) is 0 Å². The average molecular weight is 282 g/mol. The highest BCUT2D eigenvalue weighted by atomic mass is 32.2. The molecule has 4 nitrogen and oxygen atoms in total. The Bertz CT molecular complexity index is 514. The number of sulfonamides is 1. The Morgan fingerprint density at radius 2 is 1.89 bits per heavy atom. The summed E-state index contributed by atoms with van der Waals surface area (Å²) in [4.78, 5) is -0.223. The predicted octanol–water partition coefficient (Wildman–Crippen LogP) is 2.09. The SMILES string of the molecule is CC(CC(F)(F)F)Nc1ccccc1S(N)(=O)=O. The van der Waals surface area contributed by atoms with E-state index >= 15 is 0 Å². The molecule has 102 valence electrons. The second-order valence-corrected chi connectivity index (χ2v) is 5.44. The second-order valence-electron chi connectivity index (χ2n) is 3.91. The van der Waals surface area contributed by atoms with Gasteiger partial charge in [0.25, 0.3) is 0 Å². The predicted molar refractivity (Wildman–Crippen MR) is 61.6 cm³/mol. The highest BCUT2D eigenvalue weighted by Crippen LogP contribution is 2.25. The van der Waals surface area contributed by atoms with Crippen molar-refractivity contribution in [3.8, 4) is 0 Å². The van der Waals surface area contributed by atoms with Crippen LogP contribution in [-0.4, -0.2) is 20.6 Å². The van der Waals surface area contributed by atoms with Crippen LogP contribution < -0.4 is 10.5 Å². The number of hydrogen-bond acceptors (Lipinski definition) is 3. The van der Waals surface area contributed by atoms with Crippen LogP contribution in [0.15, 0.2) is 29.2 Å². The van der Waals surface area contributed by atoms with Crippen LogP contribution in [0.3, 0.4) is 0 Å². The largest absolute Gasteiger partial charge is 0.391 e. The minimum atomic E-state index is -4.32. The van der Waals surface area contributed by atoms with Crippen molar-refractivity contribution in [2.24, 2.45) is 5.14 Å². The molecule has 1 unspecified atom stereocenters. The number of anilines is 1. The van der Waals surface area contributed by atoms with E-state index in [0.717, 1.165) is 0 Å². The van der Waals surface area contributed by atoms with Crippen LogP contribution in [0.4, 0.5) is 18.9 Å². The van der Waals surface area contributed by atoms with E-state index in [9.17, 15) is 21.6 Å². The molecule has 0 aromatic heterocycles. The lowest BCUT2D eigenvalue weighted by Crippen LogP contribution is -2.25. The Labute approximate surface area is 103 Å². The van der Waals surface area contributed by atoms with Gasteiger partial charge < -0.3 is 5.32 Å². The molecule has 0 aliphatic rings. The van der Waals surface area contributed by atoms with Gasteiger partial charge in [0.15, 0.2) is 0 Å². The topological polar surface area (TPSA) is 72.2 Å². The number of rotatable bonds is 4. The highest BCUT2D eigenvalue weighted by molar-refractivity contribution is 7.89. The normalized spacial score (nSPS) is 14.3. The van der Waals surface area contributed by atoms with Crippen molar-refractivity contribution >= 4 is 15.7 Å². The van der Waals surface area contributed by atoms with Crippen LogP contribution in [0.1, 0.15) is 13.3 Å². The summed E-state index contributed by atoms with van der Waals surface area (Å²) in [6, 6.07) is 4.61. The molecule has 0 fully saturated rings. The minimum Gasteiger partial charge on any atom is -0.381 e. The zero-order valence-electron chi connectivity index (χ0n) is 9.53. The van der Waals surface area contributed by atoms with Gasteiger partial charge in [-0.05, 0) is 19.1 Å². The maximum atomic E-state index is 12.2. The zero-order valence-corrected chi connectivity index (χ0v) is 10.3. The van der Waals surface area contributed by atoms with E-state index in [2.05, 4.69) is 5.32 Å². The lowest BCUT2D eigenvalue weighted by atomic mass is 10.2. The number of para-hydroxylation sites is 1. The Morgan fingerprint density at radius 1 is 1.33 bits per heavy atom. The van der Waals surface area contributed by atoms with Crippen LogP contribution in [0, 0.1) is 0 Å². The first-order valence-electron chi connectivity index (χ1n) is 5.05. The fourth-order valence-electron chi connectivity index (χ4n) is 1.50. The number of hydrogen-bond donors (Lipinski definition) is 2. The lowest BCUT2D eigenvalue weighted by Gasteiger charge is -2.18. The lowest BCUT2D eigenvalue weighted by molar-refractivity contribution is -0.136. The molecule has 8 heteroatoms. The van der Waals surface area contributed by atoms with Gasteiger partial charge in [-0.1, -0.05) is 12.1 Å². The van der Waals surface area contributed by atoms with Gasteiger partial charge in [0.05, 0.1) is 12.1 Å². The Kier molecular flexibility index (Phi) is 4.23. The fraction of sp³-hybridized carbons (Fsp3) is 0.400. The molecule has 1 atom stereocenters. The molecule has 18 heavy (non-hydrogen) atoms. The van der Waals surface area contributed by atoms with Gasteiger partial charge in [0, 0.05) is 6.04 Å². The van der Waals surface area contributed by atoms with Crippen molar-refractivity contribution in [1.29, 1.82) is 0 Å². The van der Waals surface area contributed by atoms with Crippen molar-refractivity contribution < 1.29 is 21.6 Å². The van der Waals surface area contributed by atoms with Crippen molar-refractivity contribution in [2.75, 3.05) is 5.32 Å². The smallest absolute Gasteiger partial charge is 0.381 e. The van der Waals surface area contributed by atoms with E-state index in [1.807, 2.05) is 0 Å². The Hall–Kier alpha value is -1.28. The molecule has 0 aliphatic heterocycles. The van der Waals surface area contributed by atoms with Gasteiger partial charge in [-0.25, -0.2) is 13.6 Å². The highest BCUT2D eigenvalue weighted by Gasteiger charge is 2.30. The number of primary sulfonamides is 1. The van der Waals surface area contributed by atoms with E-state index in [-0.39, 0.29) is 10.6 Å². The van der Waals surface area contributed by atoms with Gasteiger partial charge >= 0.3 is 6.18 Å². The third-order valence-electron chi connectivity index (χ3n) is 2.13. The van der Waals surface area contributed by atoms with Crippen LogP contribution in [0.25, 0.3) is 0 Å². The van der Waals surface area contributed by atoms with Crippen LogP contribution >= 0.6 is 0 Å². The molecular formula is C10H13F3N2O2S. The fourth-order valence-corrected chi connectivity index (χ4v) is 2.20. The van der Waals surface area contributed by atoms with E-state index in [4.69, 9.17) is 5.14 Å². The van der Waals surface area contributed by atoms with E-state index in [1.54, 1.807) is 0 Å². The molecular weight excluding hydrogens is 269 g/mol. The maximum absolute atomic E-state index is 12.2. The van der Waals surface area contributed by atoms with Gasteiger partial charge in [-0.2, -0.15) is 13.2 Å². The zero-order chi connectivity index (χ0) is 14.0. The quantitative estimate of drug-likeness (QED) is 0.888. The van der Waals surface area contributed by atoms with Gasteiger partial charge in [0.1, 0.15) is 4.90 Å². The summed E-state index contributed by atoms with van der Waals surface area (Å²) in [5, 5.41) is 7.46. The Balaban J connectivity index is 2.92. The van der Waals surface area contributed by atoms with Crippen molar-refractivity contribution in [3.05, 3.63) is 24.3 Å². The molecule has 0 aliphatic carbocycles. The summed E-state index contributed by atoms with van der Waals surface area (Å²) in [5.41, 5.74) is 0.0664. The summed E-state index contributed by atoms with van der Waals surface area (Å²) in [6.07, 6.45) is -5.38. The van der Waals surface area contributed by atoms with Crippen molar-refractivity contribution in [2.45, 2.75) is 30.5 Å². The number of halogens is 3. The average Bonchev–Trinajstić information content (AvgIpc) is 2.13. The third-order valence-corrected chi connectivity index (χ3v) is 3.10. The summed E-state index contributed by atoms with van der Waals surface area (Å²) < 4.78 is 59.0. The van der Waals surface area contributed by atoms with Crippen LogP contribution in [-0.2, 0) is 10.0 Å². The summed E-state index contributed by atoms with van der Waals surface area (Å²) >= 11 is 0. The molecule has 0 bridgehead atoms. The first-order chi connectivity index (χ1) is 8.09. The standard InChI is InChI=1S/C10H13F3N2O2S/c1-7(6-10(11,12)13)15-8-4-2-3-5-9(8)18(14,16)17/h2-5,7,15H,6H2,1H3,(H2,14,16,17). The van der Waals surface area contributed by atoms with Gasteiger partial charge in [-0.3, -0.25) is 0 Å². The van der Waals surface area contributed by atoms with Crippen LogP contribution in [0.5, 0.6) is 0 Å². The number of nitrogens with two attached hydrogens (primary N) is 1. The van der Waals surface area contributed by atoms with Crippen LogP contribution in [0.2, 0.25) is 0 Å². The first-order valence-corrected chi connectivity index (χ1v) is 6.59. The third kappa shape index (κ3) is 4.53. The molecule has 3 N–H and O–H groups in total. The second kappa shape index (κ2) is 5.15. The first kappa shape index (κ1) is 14.8. The van der Waals surface area contributed by atoms with E-state index in [1.165, 1.54) is 31.2 Å². The van der Waals surface area contributed by atoms with E-state index < -0.39 is 28.7 Å². The van der Waals surface area contributed by atoms with Gasteiger partial charge in [-0.15, -0.1) is 0 Å². The monoisotopic (exact) mass is 282 g/mol. The summed E-state index contributed by atoms with van der Waals surface area (Å²) in [5.74, 6) is 0. The molecule has 1 rings (SSSR count). The molecule has 1 aromatic carbocycles. The van der Waals surface area contributed by atoms with Crippen molar-refractivity contribution in [3.63, 3.8) is 0 Å². The van der Waals surface area contributed by atoms with Gasteiger partial charge in [0.2, 0.25) is 10.0 Å². The maximum Gasteiger partial charge on any atom is 0.391 e. The molecule has 0 radical (unpaired) electrons. The Morgan fingerprint density at radius 3 is 2.39 bits per heavy atom. The molecule has 1 aromatic rings. The summed E-state index contributed by atoms with van der Waals surface area (Å²) in [6.45, 7) is 1.31. The number of alkyl halides is 3. The minimum absolute atomic E-state index is 0.0664. The molecule has 0 amide bonds.